The highest BCUT2D eigenvalue weighted by Gasteiger charge is 2.19. The Morgan fingerprint density at radius 3 is 0.833 bits per heavy atom. The van der Waals surface area contributed by atoms with Gasteiger partial charge in [0.25, 0.3) is 0 Å². The summed E-state index contributed by atoms with van der Waals surface area (Å²) in [6.07, 6.45) is 85.4. The Morgan fingerprint density at radius 1 is 0.269 bits per heavy atom. The second kappa shape index (κ2) is 66.6. The molecule has 1 atom stereocenters. The Morgan fingerprint density at radius 2 is 0.513 bits per heavy atom. The van der Waals surface area contributed by atoms with E-state index in [9.17, 15) is 14.4 Å². The SMILES string of the molecule is CC/C=C\C/C=C\C/C=C\C/C=C\CCCCCCCCCCC(=O)OC(COC(=O)CCCCCCC/C=C\CCCC)COC(=O)CCCCCCCCCCCCCCCCCCCCCCCCCCCCCC. The molecule has 1 unspecified atom stereocenters. The largest absolute Gasteiger partial charge is 0.462 e. The summed E-state index contributed by atoms with van der Waals surface area (Å²) in [5.41, 5.74) is 0. The van der Waals surface area contributed by atoms with Crippen LogP contribution in [0, 0.1) is 0 Å². The van der Waals surface area contributed by atoms with Gasteiger partial charge in [-0.05, 0) is 77.0 Å². The zero-order valence-corrected chi connectivity index (χ0v) is 52.2. The predicted molar refractivity (Wildman–Crippen MR) is 339 cm³/mol. The van der Waals surface area contributed by atoms with E-state index in [1.807, 2.05) is 0 Å². The fourth-order valence-electron chi connectivity index (χ4n) is 10.1. The van der Waals surface area contributed by atoms with E-state index < -0.39 is 6.10 Å². The minimum Gasteiger partial charge on any atom is -0.462 e. The van der Waals surface area contributed by atoms with Crippen LogP contribution in [0.2, 0.25) is 0 Å². The third kappa shape index (κ3) is 63.9. The van der Waals surface area contributed by atoms with Gasteiger partial charge in [-0.15, -0.1) is 0 Å². The zero-order chi connectivity index (χ0) is 56.4. The third-order valence-electron chi connectivity index (χ3n) is 15.3. The van der Waals surface area contributed by atoms with Crippen molar-refractivity contribution >= 4 is 17.9 Å². The van der Waals surface area contributed by atoms with Gasteiger partial charge in [0.05, 0.1) is 0 Å². The van der Waals surface area contributed by atoms with Gasteiger partial charge in [-0.3, -0.25) is 14.4 Å². The second-order valence-corrected chi connectivity index (χ2v) is 23.1. The molecule has 0 rings (SSSR count). The first-order valence-electron chi connectivity index (χ1n) is 34.3. The molecule has 6 heteroatoms. The number of rotatable bonds is 63. The van der Waals surface area contributed by atoms with Gasteiger partial charge in [-0.25, -0.2) is 0 Å². The highest BCUT2D eigenvalue weighted by atomic mass is 16.6. The smallest absolute Gasteiger partial charge is 0.306 e. The van der Waals surface area contributed by atoms with Crippen molar-refractivity contribution in [2.24, 2.45) is 0 Å². The lowest BCUT2D eigenvalue weighted by atomic mass is 10.0. The molecular weight excluding hydrogens is 961 g/mol. The Labute approximate surface area is 485 Å². The summed E-state index contributed by atoms with van der Waals surface area (Å²) in [6, 6.07) is 0. The summed E-state index contributed by atoms with van der Waals surface area (Å²) in [7, 11) is 0. The summed E-state index contributed by atoms with van der Waals surface area (Å²) in [5.74, 6) is -0.876. The van der Waals surface area contributed by atoms with Crippen LogP contribution in [0.4, 0.5) is 0 Å². The average Bonchev–Trinajstić information content (AvgIpc) is 3.44. The highest BCUT2D eigenvalue weighted by molar-refractivity contribution is 5.71. The molecule has 78 heavy (non-hydrogen) atoms. The van der Waals surface area contributed by atoms with E-state index >= 15 is 0 Å². The number of ether oxygens (including phenoxy) is 3. The summed E-state index contributed by atoms with van der Waals surface area (Å²) in [6.45, 7) is 6.53. The Hall–Kier alpha value is -2.89. The molecule has 0 aliphatic heterocycles. The van der Waals surface area contributed by atoms with Gasteiger partial charge in [0.1, 0.15) is 13.2 Å². The minimum absolute atomic E-state index is 0.0768. The third-order valence-corrected chi connectivity index (χ3v) is 15.3. The van der Waals surface area contributed by atoms with Crippen LogP contribution in [0.25, 0.3) is 0 Å². The average molecular weight is 1090 g/mol. The van der Waals surface area contributed by atoms with Gasteiger partial charge in [-0.1, -0.05) is 326 Å². The molecule has 0 radical (unpaired) electrons. The van der Waals surface area contributed by atoms with E-state index in [0.29, 0.717) is 19.3 Å². The van der Waals surface area contributed by atoms with Crippen LogP contribution in [0.15, 0.2) is 60.8 Å². The topological polar surface area (TPSA) is 78.9 Å². The van der Waals surface area contributed by atoms with Crippen LogP contribution in [0.1, 0.15) is 361 Å². The first-order chi connectivity index (χ1) is 38.5. The molecule has 0 bridgehead atoms. The van der Waals surface area contributed by atoms with E-state index in [-0.39, 0.29) is 31.1 Å². The molecule has 0 saturated carbocycles. The number of hydrogen-bond donors (Lipinski definition) is 0. The van der Waals surface area contributed by atoms with E-state index in [1.54, 1.807) is 0 Å². The van der Waals surface area contributed by atoms with Crippen LogP contribution in [-0.2, 0) is 28.6 Å². The van der Waals surface area contributed by atoms with Crippen molar-refractivity contribution < 1.29 is 28.6 Å². The molecule has 0 fully saturated rings. The lowest BCUT2D eigenvalue weighted by Gasteiger charge is -2.18. The van der Waals surface area contributed by atoms with Crippen molar-refractivity contribution in [3.63, 3.8) is 0 Å². The molecule has 0 aliphatic carbocycles. The molecule has 0 spiro atoms. The first kappa shape index (κ1) is 75.1. The number of carbonyl (C=O) groups excluding carboxylic acids is 3. The fraction of sp³-hybridized carbons (Fsp3) is 0.819. The maximum absolute atomic E-state index is 12.9. The standard InChI is InChI=1S/C72H130O6/c1-4-7-10-13-16-19-22-24-26-28-30-32-33-34-35-36-37-38-40-41-43-45-47-50-53-56-59-62-65-71(74)77-68-69(67-76-70(73)64-61-58-55-52-49-21-18-15-12-9-6-3)78-72(75)66-63-60-57-54-51-48-46-44-42-39-31-29-27-25-23-20-17-14-11-8-5-2/h8,11,15,17-18,20,25,27,31,39,69H,4-7,9-10,12-14,16,19,21-24,26,28-30,32-38,40-68H2,1-3H3/b11-8-,18-15-,20-17-,27-25-,39-31-. The molecule has 0 aromatic rings. The summed E-state index contributed by atoms with van der Waals surface area (Å²) in [5, 5.41) is 0. The van der Waals surface area contributed by atoms with Gasteiger partial charge in [-0.2, -0.15) is 0 Å². The lowest BCUT2D eigenvalue weighted by Crippen LogP contribution is -2.30. The van der Waals surface area contributed by atoms with Crippen LogP contribution in [0.3, 0.4) is 0 Å². The maximum Gasteiger partial charge on any atom is 0.306 e. The second-order valence-electron chi connectivity index (χ2n) is 23.1. The molecule has 0 N–H and O–H groups in total. The maximum atomic E-state index is 12.9. The molecule has 0 heterocycles. The number of hydrogen-bond acceptors (Lipinski definition) is 6. The minimum atomic E-state index is -0.781. The molecular formula is C72H130O6. The van der Waals surface area contributed by atoms with Crippen LogP contribution in [0.5, 0.6) is 0 Å². The van der Waals surface area contributed by atoms with Crippen LogP contribution < -0.4 is 0 Å². The van der Waals surface area contributed by atoms with Gasteiger partial charge >= 0.3 is 17.9 Å². The Balaban J connectivity index is 4.18. The molecule has 0 aromatic heterocycles. The van der Waals surface area contributed by atoms with E-state index in [0.717, 1.165) is 96.3 Å². The van der Waals surface area contributed by atoms with Crippen molar-refractivity contribution in [2.45, 2.75) is 367 Å². The molecule has 454 valence electrons. The molecule has 0 amide bonds. The number of esters is 3. The van der Waals surface area contributed by atoms with E-state index in [4.69, 9.17) is 14.2 Å². The van der Waals surface area contributed by atoms with Crippen molar-refractivity contribution in [3.8, 4) is 0 Å². The quantitative estimate of drug-likeness (QED) is 0.0261. The van der Waals surface area contributed by atoms with Crippen molar-refractivity contribution in [2.75, 3.05) is 13.2 Å². The highest BCUT2D eigenvalue weighted by Crippen LogP contribution is 2.18. The number of carbonyl (C=O) groups is 3. The van der Waals surface area contributed by atoms with Gasteiger partial charge in [0.2, 0.25) is 0 Å². The summed E-state index contributed by atoms with van der Waals surface area (Å²) >= 11 is 0. The monoisotopic (exact) mass is 1090 g/mol. The lowest BCUT2D eigenvalue weighted by molar-refractivity contribution is -0.167. The van der Waals surface area contributed by atoms with Gasteiger partial charge < -0.3 is 14.2 Å². The Kier molecular flexibility index (Phi) is 64.2. The molecule has 6 nitrogen and oxygen atoms in total. The van der Waals surface area contributed by atoms with Crippen molar-refractivity contribution in [1.82, 2.24) is 0 Å². The van der Waals surface area contributed by atoms with Crippen molar-refractivity contribution in [3.05, 3.63) is 60.8 Å². The van der Waals surface area contributed by atoms with Crippen LogP contribution >= 0.6 is 0 Å². The molecule has 0 aliphatic rings. The summed E-state index contributed by atoms with van der Waals surface area (Å²) in [4.78, 5) is 38.3. The van der Waals surface area contributed by atoms with E-state index in [2.05, 4.69) is 81.5 Å². The molecule has 0 aromatic carbocycles. The normalized spacial score (nSPS) is 12.4. The fourth-order valence-corrected chi connectivity index (χ4v) is 10.1. The van der Waals surface area contributed by atoms with Gasteiger partial charge in [0.15, 0.2) is 6.10 Å². The molecule has 0 saturated heterocycles. The van der Waals surface area contributed by atoms with Gasteiger partial charge in [0, 0.05) is 19.3 Å². The number of allylic oxidation sites excluding steroid dienone is 10. The predicted octanol–water partition coefficient (Wildman–Crippen LogP) is 23.5. The van der Waals surface area contributed by atoms with Crippen LogP contribution in [-0.4, -0.2) is 37.2 Å². The van der Waals surface area contributed by atoms with E-state index in [1.165, 1.54) is 225 Å². The number of unbranched alkanes of at least 4 members (excludes halogenated alkanes) is 42. The first-order valence-corrected chi connectivity index (χ1v) is 34.3. The summed E-state index contributed by atoms with van der Waals surface area (Å²) < 4.78 is 16.9. The Bertz CT molecular complexity index is 1390. The van der Waals surface area contributed by atoms with Crippen molar-refractivity contribution in [1.29, 1.82) is 0 Å². The zero-order valence-electron chi connectivity index (χ0n) is 52.2.